The van der Waals surface area contributed by atoms with Crippen LogP contribution in [0.2, 0.25) is 5.02 Å². The predicted molar refractivity (Wildman–Crippen MR) is 65.7 cm³/mol. The molecule has 0 saturated carbocycles. The van der Waals surface area contributed by atoms with Crippen molar-refractivity contribution in [2.75, 3.05) is 13.1 Å². The van der Waals surface area contributed by atoms with Crippen LogP contribution >= 0.6 is 11.6 Å². The summed E-state index contributed by atoms with van der Waals surface area (Å²) in [4.78, 5) is 0. The lowest BCUT2D eigenvalue weighted by Crippen LogP contribution is -2.28. The van der Waals surface area contributed by atoms with Crippen LogP contribution < -0.4 is 5.32 Å². The van der Waals surface area contributed by atoms with Gasteiger partial charge < -0.3 is 5.32 Å². The second-order valence-electron chi connectivity index (χ2n) is 4.67. The Bertz CT molecular complexity index is 387. The van der Waals surface area contributed by atoms with E-state index in [0.717, 1.165) is 13.0 Å². The van der Waals surface area contributed by atoms with E-state index in [1.807, 2.05) is 0 Å². The monoisotopic (exact) mass is 259 g/mol. The van der Waals surface area contributed by atoms with Crippen LogP contribution in [0.4, 0.5) is 8.78 Å². The van der Waals surface area contributed by atoms with Gasteiger partial charge in [-0.3, -0.25) is 0 Å². The van der Waals surface area contributed by atoms with Gasteiger partial charge in [-0.05, 0) is 56.1 Å². The lowest BCUT2D eigenvalue weighted by Gasteiger charge is -2.23. The highest BCUT2D eigenvalue weighted by atomic mass is 35.5. The first-order chi connectivity index (χ1) is 8.09. The summed E-state index contributed by atoms with van der Waals surface area (Å²) in [6.45, 7) is 1.49. The van der Waals surface area contributed by atoms with E-state index < -0.39 is 5.67 Å². The highest BCUT2D eigenvalue weighted by Crippen LogP contribution is 2.30. The Balaban J connectivity index is 2.15. The second kappa shape index (κ2) is 5.32. The van der Waals surface area contributed by atoms with Gasteiger partial charge in [0.05, 0.1) is 0 Å². The van der Waals surface area contributed by atoms with Crippen LogP contribution in [0.15, 0.2) is 18.2 Å². The Hall–Kier alpha value is -0.670. The smallest absolute Gasteiger partial charge is 0.126 e. The van der Waals surface area contributed by atoms with E-state index in [1.165, 1.54) is 18.2 Å². The van der Waals surface area contributed by atoms with Crippen LogP contribution in [-0.2, 0) is 6.42 Å². The molecule has 0 amide bonds. The standard InChI is InChI=1S/C13H16ClF2N/c14-11-2-3-12(15)10(8-11)9-13(16)4-1-6-17-7-5-13/h2-3,8,17H,1,4-7,9H2. The normalized spacial score (nSPS) is 25.6. The van der Waals surface area contributed by atoms with Crippen LogP contribution in [0.5, 0.6) is 0 Å². The summed E-state index contributed by atoms with van der Waals surface area (Å²) in [5.74, 6) is -0.372. The molecule has 1 saturated heterocycles. The molecule has 1 atom stereocenters. The predicted octanol–water partition coefficient (Wildman–Crippen LogP) is 3.50. The van der Waals surface area contributed by atoms with Crippen LogP contribution in [0, 0.1) is 5.82 Å². The van der Waals surface area contributed by atoms with Gasteiger partial charge in [-0.2, -0.15) is 0 Å². The molecule has 1 aromatic carbocycles. The second-order valence-corrected chi connectivity index (χ2v) is 5.10. The number of rotatable bonds is 2. The minimum absolute atomic E-state index is 0.112. The molecule has 0 aliphatic carbocycles. The van der Waals surface area contributed by atoms with Crippen molar-refractivity contribution in [2.45, 2.75) is 31.4 Å². The van der Waals surface area contributed by atoms with Crippen LogP contribution in [-0.4, -0.2) is 18.8 Å². The average molecular weight is 260 g/mol. The van der Waals surface area contributed by atoms with Crippen LogP contribution in [0.25, 0.3) is 0 Å². The molecule has 1 unspecified atom stereocenters. The zero-order valence-electron chi connectivity index (χ0n) is 9.61. The summed E-state index contributed by atoms with van der Waals surface area (Å²) in [6, 6.07) is 4.31. The first kappa shape index (κ1) is 12.8. The molecule has 2 rings (SSSR count). The Labute approximate surface area is 105 Å². The molecule has 0 bridgehead atoms. The fourth-order valence-corrected chi connectivity index (χ4v) is 2.48. The van der Waals surface area contributed by atoms with Crippen molar-refractivity contribution in [1.82, 2.24) is 5.32 Å². The number of alkyl halides is 1. The third-order valence-corrected chi connectivity index (χ3v) is 3.48. The summed E-state index contributed by atoms with van der Waals surface area (Å²) in [5, 5.41) is 3.61. The molecule has 1 fully saturated rings. The molecule has 4 heteroatoms. The molecule has 1 heterocycles. The lowest BCUT2D eigenvalue weighted by atomic mass is 9.89. The quantitative estimate of drug-likeness (QED) is 0.857. The summed E-state index contributed by atoms with van der Waals surface area (Å²) < 4.78 is 28.1. The summed E-state index contributed by atoms with van der Waals surface area (Å²) in [7, 11) is 0. The van der Waals surface area contributed by atoms with Gasteiger partial charge in [0.2, 0.25) is 0 Å². The maximum atomic E-state index is 14.6. The topological polar surface area (TPSA) is 12.0 Å². The van der Waals surface area contributed by atoms with Crippen LogP contribution in [0.1, 0.15) is 24.8 Å². The molecule has 0 radical (unpaired) electrons. The Morgan fingerprint density at radius 3 is 2.94 bits per heavy atom. The molecule has 1 N–H and O–H groups in total. The number of halogens is 3. The molecule has 1 aromatic rings. The van der Waals surface area contributed by atoms with E-state index in [-0.39, 0.29) is 12.2 Å². The van der Waals surface area contributed by atoms with E-state index in [2.05, 4.69) is 5.32 Å². The molecule has 1 aliphatic rings. The molecule has 1 nitrogen and oxygen atoms in total. The van der Waals surface area contributed by atoms with Crippen molar-refractivity contribution >= 4 is 11.6 Å². The number of benzene rings is 1. The maximum absolute atomic E-state index is 14.6. The van der Waals surface area contributed by atoms with Crippen molar-refractivity contribution in [3.05, 3.63) is 34.6 Å². The Morgan fingerprint density at radius 2 is 2.12 bits per heavy atom. The first-order valence-corrected chi connectivity index (χ1v) is 6.30. The third-order valence-electron chi connectivity index (χ3n) is 3.24. The van der Waals surface area contributed by atoms with Crippen molar-refractivity contribution in [3.8, 4) is 0 Å². The Kier molecular flexibility index (Phi) is 4.00. The largest absolute Gasteiger partial charge is 0.317 e. The van der Waals surface area contributed by atoms with Gasteiger partial charge in [0, 0.05) is 11.4 Å². The van der Waals surface area contributed by atoms with E-state index in [9.17, 15) is 8.78 Å². The molecular weight excluding hydrogens is 244 g/mol. The summed E-state index contributed by atoms with van der Waals surface area (Å²) in [6.07, 6.45) is 1.81. The van der Waals surface area contributed by atoms with Crippen molar-refractivity contribution in [3.63, 3.8) is 0 Å². The number of nitrogens with one attached hydrogen (secondary N) is 1. The van der Waals surface area contributed by atoms with Gasteiger partial charge >= 0.3 is 0 Å². The molecule has 94 valence electrons. The fraction of sp³-hybridized carbons (Fsp3) is 0.538. The zero-order chi connectivity index (χ0) is 12.3. The first-order valence-electron chi connectivity index (χ1n) is 5.93. The van der Waals surface area contributed by atoms with Gasteiger partial charge in [-0.15, -0.1) is 0 Å². The van der Waals surface area contributed by atoms with Gasteiger partial charge in [-0.25, -0.2) is 8.78 Å². The molecule has 1 aliphatic heterocycles. The zero-order valence-corrected chi connectivity index (χ0v) is 10.4. The van der Waals surface area contributed by atoms with E-state index in [0.29, 0.717) is 30.0 Å². The lowest BCUT2D eigenvalue weighted by molar-refractivity contribution is 0.143. The molecule has 0 aromatic heterocycles. The van der Waals surface area contributed by atoms with Gasteiger partial charge in [0.1, 0.15) is 11.5 Å². The highest BCUT2D eigenvalue weighted by molar-refractivity contribution is 6.30. The van der Waals surface area contributed by atoms with Crippen LogP contribution in [0.3, 0.4) is 0 Å². The van der Waals surface area contributed by atoms with Gasteiger partial charge in [-0.1, -0.05) is 11.6 Å². The average Bonchev–Trinajstić information content (AvgIpc) is 2.49. The number of hydrogen-bond acceptors (Lipinski definition) is 1. The fourth-order valence-electron chi connectivity index (χ4n) is 2.29. The summed E-state index contributed by atoms with van der Waals surface area (Å²) >= 11 is 5.81. The maximum Gasteiger partial charge on any atom is 0.126 e. The van der Waals surface area contributed by atoms with Crippen molar-refractivity contribution < 1.29 is 8.78 Å². The SMILES string of the molecule is Fc1ccc(Cl)cc1CC1(F)CCCNCC1. The van der Waals surface area contributed by atoms with Gasteiger partial charge in [0.25, 0.3) is 0 Å². The minimum Gasteiger partial charge on any atom is -0.317 e. The van der Waals surface area contributed by atoms with E-state index >= 15 is 0 Å². The van der Waals surface area contributed by atoms with Crippen molar-refractivity contribution in [1.29, 1.82) is 0 Å². The van der Waals surface area contributed by atoms with E-state index in [1.54, 1.807) is 0 Å². The number of hydrogen-bond donors (Lipinski definition) is 1. The Morgan fingerprint density at radius 1 is 1.29 bits per heavy atom. The minimum atomic E-state index is -1.31. The highest BCUT2D eigenvalue weighted by Gasteiger charge is 2.31. The van der Waals surface area contributed by atoms with Gasteiger partial charge in [0.15, 0.2) is 0 Å². The van der Waals surface area contributed by atoms with Crippen molar-refractivity contribution in [2.24, 2.45) is 0 Å². The molecule has 0 spiro atoms. The molecule has 17 heavy (non-hydrogen) atoms. The van der Waals surface area contributed by atoms with E-state index in [4.69, 9.17) is 11.6 Å². The third kappa shape index (κ3) is 3.39. The summed E-state index contributed by atoms with van der Waals surface area (Å²) in [5.41, 5.74) is -0.934. The molecular formula is C13H16ClF2N.